The van der Waals surface area contributed by atoms with Crippen LogP contribution in [0, 0.1) is 0 Å². The van der Waals surface area contributed by atoms with E-state index in [1.165, 1.54) is 0 Å². The van der Waals surface area contributed by atoms with Gasteiger partial charge < -0.3 is 9.80 Å². The van der Waals surface area contributed by atoms with E-state index in [1.54, 1.807) is 23.9 Å². The Hall–Kier alpha value is -1.06. The van der Waals surface area contributed by atoms with Gasteiger partial charge in [-0.2, -0.15) is 0 Å². The highest BCUT2D eigenvalue weighted by Crippen LogP contribution is 2.02. The largest absolute Gasteiger partial charge is 0.345 e. The zero-order chi connectivity index (χ0) is 9.14. The molecule has 0 radical (unpaired) electrons. The SMILES string of the molecule is CN1CCC(=O)N(C)CCC1=O. The molecule has 0 spiro atoms. The Morgan fingerprint density at radius 3 is 1.58 bits per heavy atom. The van der Waals surface area contributed by atoms with E-state index in [2.05, 4.69) is 0 Å². The van der Waals surface area contributed by atoms with Gasteiger partial charge in [-0.05, 0) is 0 Å². The molecule has 0 aliphatic carbocycles. The number of carbonyl (C=O) groups excluding carboxylic acids is 2. The average molecular weight is 170 g/mol. The van der Waals surface area contributed by atoms with Crippen molar-refractivity contribution < 1.29 is 9.59 Å². The summed E-state index contributed by atoms with van der Waals surface area (Å²) in [4.78, 5) is 25.6. The minimum absolute atomic E-state index is 0.120. The van der Waals surface area contributed by atoms with Gasteiger partial charge in [-0.3, -0.25) is 9.59 Å². The molecule has 4 nitrogen and oxygen atoms in total. The molecule has 1 fully saturated rings. The highest BCUT2D eigenvalue weighted by molar-refractivity contribution is 5.81. The Bertz CT molecular complexity index is 181. The molecule has 1 rings (SSSR count). The van der Waals surface area contributed by atoms with Gasteiger partial charge in [0.2, 0.25) is 11.8 Å². The van der Waals surface area contributed by atoms with Crippen molar-refractivity contribution in [1.82, 2.24) is 9.80 Å². The number of amides is 2. The standard InChI is InChI=1S/C8H14N2O2/c1-9-5-3-8(12)10(2)6-4-7(9)11/h3-6H2,1-2H3. The van der Waals surface area contributed by atoms with E-state index in [4.69, 9.17) is 0 Å². The van der Waals surface area contributed by atoms with Gasteiger partial charge in [0.25, 0.3) is 0 Å². The number of carbonyl (C=O) groups is 2. The van der Waals surface area contributed by atoms with Crippen molar-refractivity contribution in [2.24, 2.45) is 0 Å². The lowest BCUT2D eigenvalue weighted by Crippen LogP contribution is -2.39. The average Bonchev–Trinajstić information content (AvgIpc) is 2.07. The van der Waals surface area contributed by atoms with Gasteiger partial charge in [0.15, 0.2) is 0 Å². The summed E-state index contributed by atoms with van der Waals surface area (Å²) in [5, 5.41) is 0. The van der Waals surface area contributed by atoms with Crippen LogP contribution in [0.15, 0.2) is 0 Å². The maximum absolute atomic E-state index is 11.2. The van der Waals surface area contributed by atoms with Gasteiger partial charge in [0, 0.05) is 40.0 Å². The van der Waals surface area contributed by atoms with Gasteiger partial charge in [-0.25, -0.2) is 0 Å². The zero-order valence-corrected chi connectivity index (χ0v) is 7.54. The van der Waals surface area contributed by atoms with Crippen molar-refractivity contribution in [3.63, 3.8) is 0 Å². The van der Waals surface area contributed by atoms with Crippen LogP contribution in [0.2, 0.25) is 0 Å². The molecule has 4 heteroatoms. The molecule has 12 heavy (non-hydrogen) atoms. The van der Waals surface area contributed by atoms with Crippen molar-refractivity contribution in [3.8, 4) is 0 Å². The molecule has 1 heterocycles. The third-order valence-electron chi connectivity index (χ3n) is 2.17. The first-order valence-electron chi connectivity index (χ1n) is 4.09. The fourth-order valence-electron chi connectivity index (χ4n) is 1.16. The van der Waals surface area contributed by atoms with Crippen molar-refractivity contribution in [2.45, 2.75) is 12.8 Å². The van der Waals surface area contributed by atoms with Gasteiger partial charge >= 0.3 is 0 Å². The van der Waals surface area contributed by atoms with E-state index in [0.29, 0.717) is 25.9 Å². The Kier molecular flexibility index (Phi) is 2.68. The molecule has 0 aromatic rings. The molecule has 0 atom stereocenters. The van der Waals surface area contributed by atoms with Gasteiger partial charge in [-0.1, -0.05) is 0 Å². The van der Waals surface area contributed by atoms with Crippen LogP contribution in [0.3, 0.4) is 0 Å². The second-order valence-electron chi connectivity index (χ2n) is 3.13. The van der Waals surface area contributed by atoms with E-state index < -0.39 is 0 Å². The maximum Gasteiger partial charge on any atom is 0.224 e. The molecule has 0 aromatic carbocycles. The fourth-order valence-corrected chi connectivity index (χ4v) is 1.16. The lowest BCUT2D eigenvalue weighted by molar-refractivity contribution is -0.136. The van der Waals surface area contributed by atoms with E-state index in [0.717, 1.165) is 0 Å². The predicted molar refractivity (Wildman–Crippen MR) is 44.5 cm³/mol. The van der Waals surface area contributed by atoms with Crippen LogP contribution in [-0.2, 0) is 9.59 Å². The molecule has 1 aliphatic rings. The summed E-state index contributed by atoms with van der Waals surface area (Å²) < 4.78 is 0. The molecule has 0 N–H and O–H groups in total. The second kappa shape index (κ2) is 3.56. The van der Waals surface area contributed by atoms with E-state index >= 15 is 0 Å². The molecule has 2 amide bonds. The lowest BCUT2D eigenvalue weighted by atomic mass is 10.2. The number of hydrogen-bond donors (Lipinski definition) is 0. The Balaban J connectivity index is 2.57. The van der Waals surface area contributed by atoms with E-state index in [1.807, 2.05) is 0 Å². The Morgan fingerprint density at radius 2 is 1.25 bits per heavy atom. The fraction of sp³-hybridized carbons (Fsp3) is 0.750. The summed E-state index contributed by atoms with van der Waals surface area (Å²) in [6, 6.07) is 0. The Morgan fingerprint density at radius 1 is 0.917 bits per heavy atom. The monoisotopic (exact) mass is 170 g/mol. The van der Waals surface area contributed by atoms with Gasteiger partial charge in [0.1, 0.15) is 0 Å². The first-order chi connectivity index (χ1) is 5.61. The van der Waals surface area contributed by atoms with Crippen LogP contribution in [0.5, 0.6) is 0 Å². The first-order valence-corrected chi connectivity index (χ1v) is 4.09. The molecule has 0 unspecified atom stereocenters. The van der Waals surface area contributed by atoms with Crippen LogP contribution < -0.4 is 0 Å². The minimum Gasteiger partial charge on any atom is -0.345 e. The van der Waals surface area contributed by atoms with Crippen LogP contribution in [0.4, 0.5) is 0 Å². The number of hydrogen-bond acceptors (Lipinski definition) is 2. The first kappa shape index (κ1) is 9.03. The van der Waals surface area contributed by atoms with Crippen LogP contribution >= 0.6 is 0 Å². The van der Waals surface area contributed by atoms with E-state index in [9.17, 15) is 9.59 Å². The zero-order valence-electron chi connectivity index (χ0n) is 7.54. The van der Waals surface area contributed by atoms with Gasteiger partial charge in [-0.15, -0.1) is 0 Å². The summed E-state index contributed by atoms with van der Waals surface area (Å²) in [6.45, 7) is 1.09. The topological polar surface area (TPSA) is 40.6 Å². The highest BCUT2D eigenvalue weighted by Gasteiger charge is 2.17. The van der Waals surface area contributed by atoms with Crippen LogP contribution in [-0.4, -0.2) is 48.8 Å². The molecule has 0 saturated carbocycles. The van der Waals surface area contributed by atoms with Crippen molar-refractivity contribution >= 4 is 11.8 Å². The summed E-state index contributed by atoms with van der Waals surface area (Å²) in [5.41, 5.74) is 0. The molecule has 1 saturated heterocycles. The third kappa shape index (κ3) is 1.96. The molecule has 1 aliphatic heterocycles. The summed E-state index contributed by atoms with van der Waals surface area (Å²) >= 11 is 0. The predicted octanol–water partition coefficient (Wildman–Crippen LogP) is -0.303. The minimum atomic E-state index is 0.120. The third-order valence-corrected chi connectivity index (χ3v) is 2.17. The van der Waals surface area contributed by atoms with Crippen molar-refractivity contribution in [3.05, 3.63) is 0 Å². The van der Waals surface area contributed by atoms with Gasteiger partial charge in [0.05, 0.1) is 0 Å². The van der Waals surface area contributed by atoms with E-state index in [-0.39, 0.29) is 11.8 Å². The van der Waals surface area contributed by atoms with Crippen LogP contribution in [0.1, 0.15) is 12.8 Å². The lowest BCUT2D eigenvalue weighted by Gasteiger charge is -2.24. The quantitative estimate of drug-likeness (QED) is 0.500. The molecule has 0 aromatic heterocycles. The van der Waals surface area contributed by atoms with Crippen molar-refractivity contribution in [1.29, 1.82) is 0 Å². The molecule has 68 valence electrons. The second-order valence-corrected chi connectivity index (χ2v) is 3.13. The highest BCUT2D eigenvalue weighted by atomic mass is 16.2. The normalized spacial score (nSPS) is 20.8. The van der Waals surface area contributed by atoms with Crippen molar-refractivity contribution in [2.75, 3.05) is 27.2 Å². The number of nitrogens with zero attached hydrogens (tertiary/aromatic N) is 2. The summed E-state index contributed by atoms with van der Waals surface area (Å²) in [7, 11) is 3.47. The molecular formula is C8H14N2O2. The summed E-state index contributed by atoms with van der Waals surface area (Å²) in [5.74, 6) is 0.240. The maximum atomic E-state index is 11.2. The Labute approximate surface area is 72.1 Å². The van der Waals surface area contributed by atoms with Crippen LogP contribution in [0.25, 0.3) is 0 Å². The molecule has 0 bridgehead atoms. The smallest absolute Gasteiger partial charge is 0.224 e. The molecular weight excluding hydrogens is 156 g/mol. The summed E-state index contributed by atoms with van der Waals surface area (Å²) in [6.07, 6.45) is 0.886. The number of rotatable bonds is 0.